The SMILES string of the molecule is O=C(O)c1cccc(NCC2(C3CC3)CC2)c1. The molecular weight excluding hydrogens is 214 g/mol. The van der Waals surface area contributed by atoms with Gasteiger partial charge in [0.2, 0.25) is 0 Å². The fraction of sp³-hybridized carbons (Fsp3) is 0.500. The zero-order valence-electron chi connectivity index (χ0n) is 9.78. The third kappa shape index (κ3) is 2.14. The second kappa shape index (κ2) is 3.76. The van der Waals surface area contributed by atoms with Crippen LogP contribution in [0.2, 0.25) is 0 Å². The van der Waals surface area contributed by atoms with E-state index in [2.05, 4.69) is 5.32 Å². The van der Waals surface area contributed by atoms with Gasteiger partial charge in [0, 0.05) is 12.2 Å². The average Bonchev–Trinajstić information content (AvgIpc) is 3.17. The molecule has 0 aromatic heterocycles. The van der Waals surface area contributed by atoms with Crippen LogP contribution in [0.5, 0.6) is 0 Å². The molecule has 2 fully saturated rings. The Morgan fingerprint density at radius 2 is 2.18 bits per heavy atom. The molecule has 0 atom stereocenters. The Labute approximate surface area is 101 Å². The molecule has 0 spiro atoms. The number of hydrogen-bond acceptors (Lipinski definition) is 2. The van der Waals surface area contributed by atoms with Crippen LogP contribution in [0.1, 0.15) is 36.0 Å². The first-order chi connectivity index (χ1) is 8.20. The molecular formula is C14H17NO2. The van der Waals surface area contributed by atoms with E-state index in [1.807, 2.05) is 6.07 Å². The number of anilines is 1. The Morgan fingerprint density at radius 3 is 2.76 bits per heavy atom. The highest BCUT2D eigenvalue weighted by Gasteiger charge is 2.53. The fourth-order valence-corrected chi connectivity index (χ4v) is 2.63. The van der Waals surface area contributed by atoms with Gasteiger partial charge >= 0.3 is 5.97 Å². The van der Waals surface area contributed by atoms with Crippen LogP contribution in [0.3, 0.4) is 0 Å². The number of carbonyl (C=O) groups is 1. The van der Waals surface area contributed by atoms with Crippen molar-refractivity contribution in [3.8, 4) is 0 Å². The van der Waals surface area contributed by atoms with Gasteiger partial charge in [-0.25, -0.2) is 4.79 Å². The van der Waals surface area contributed by atoms with Gasteiger partial charge < -0.3 is 10.4 Å². The first kappa shape index (κ1) is 10.6. The molecule has 2 N–H and O–H groups in total. The van der Waals surface area contributed by atoms with Crippen molar-refractivity contribution in [1.82, 2.24) is 0 Å². The number of rotatable bonds is 5. The number of carboxylic acids is 1. The fourth-order valence-electron chi connectivity index (χ4n) is 2.63. The molecule has 1 aromatic carbocycles. The third-order valence-electron chi connectivity index (χ3n) is 4.09. The molecule has 0 aliphatic heterocycles. The van der Waals surface area contributed by atoms with E-state index in [1.165, 1.54) is 25.7 Å². The lowest BCUT2D eigenvalue weighted by Crippen LogP contribution is -2.17. The Hall–Kier alpha value is -1.51. The maximum absolute atomic E-state index is 10.9. The molecule has 3 nitrogen and oxygen atoms in total. The van der Waals surface area contributed by atoms with E-state index in [4.69, 9.17) is 5.11 Å². The van der Waals surface area contributed by atoms with Gasteiger partial charge in [0.25, 0.3) is 0 Å². The van der Waals surface area contributed by atoms with E-state index in [1.54, 1.807) is 18.2 Å². The highest BCUT2D eigenvalue weighted by Crippen LogP contribution is 2.61. The monoisotopic (exact) mass is 231 g/mol. The summed E-state index contributed by atoms with van der Waals surface area (Å²) in [4.78, 5) is 10.9. The van der Waals surface area contributed by atoms with E-state index >= 15 is 0 Å². The Balaban J connectivity index is 1.64. The quantitative estimate of drug-likeness (QED) is 0.819. The Kier molecular flexibility index (Phi) is 2.35. The van der Waals surface area contributed by atoms with Gasteiger partial charge in [-0.1, -0.05) is 6.07 Å². The van der Waals surface area contributed by atoms with E-state index in [0.29, 0.717) is 11.0 Å². The summed E-state index contributed by atoms with van der Waals surface area (Å²) in [5.74, 6) is 0.0645. The lowest BCUT2D eigenvalue weighted by Gasteiger charge is -2.16. The molecule has 0 amide bonds. The van der Waals surface area contributed by atoms with Crippen molar-refractivity contribution < 1.29 is 9.90 Å². The molecule has 2 saturated carbocycles. The van der Waals surface area contributed by atoms with Crippen LogP contribution in [0.25, 0.3) is 0 Å². The second-order valence-electron chi connectivity index (χ2n) is 5.38. The van der Waals surface area contributed by atoms with Gasteiger partial charge in [-0.05, 0) is 55.2 Å². The minimum Gasteiger partial charge on any atom is -0.478 e. The molecule has 0 heterocycles. The molecule has 17 heavy (non-hydrogen) atoms. The van der Waals surface area contributed by atoms with Crippen LogP contribution in [0, 0.1) is 11.3 Å². The molecule has 3 heteroatoms. The van der Waals surface area contributed by atoms with Gasteiger partial charge in [0.05, 0.1) is 5.56 Å². The highest BCUT2D eigenvalue weighted by atomic mass is 16.4. The van der Waals surface area contributed by atoms with Crippen molar-refractivity contribution in [2.45, 2.75) is 25.7 Å². The summed E-state index contributed by atoms with van der Waals surface area (Å²) in [7, 11) is 0. The standard InChI is InChI=1S/C14H17NO2/c16-13(17)10-2-1-3-12(8-10)15-9-14(6-7-14)11-4-5-11/h1-3,8,11,15H,4-7,9H2,(H,16,17). The van der Waals surface area contributed by atoms with Gasteiger partial charge in [0.1, 0.15) is 0 Å². The van der Waals surface area contributed by atoms with E-state index in [9.17, 15) is 4.79 Å². The molecule has 1 aromatic rings. The summed E-state index contributed by atoms with van der Waals surface area (Å²) >= 11 is 0. The summed E-state index contributed by atoms with van der Waals surface area (Å²) in [5.41, 5.74) is 1.82. The maximum atomic E-state index is 10.9. The van der Waals surface area contributed by atoms with Crippen molar-refractivity contribution in [2.75, 3.05) is 11.9 Å². The molecule has 0 unspecified atom stereocenters. The number of nitrogens with one attached hydrogen (secondary N) is 1. The lowest BCUT2D eigenvalue weighted by atomic mass is 10.0. The zero-order valence-corrected chi connectivity index (χ0v) is 9.78. The van der Waals surface area contributed by atoms with Crippen LogP contribution < -0.4 is 5.32 Å². The summed E-state index contributed by atoms with van der Waals surface area (Å²) in [6.45, 7) is 1.00. The third-order valence-corrected chi connectivity index (χ3v) is 4.09. The van der Waals surface area contributed by atoms with Crippen LogP contribution >= 0.6 is 0 Å². The van der Waals surface area contributed by atoms with Crippen LogP contribution in [-0.2, 0) is 0 Å². The molecule has 2 aliphatic carbocycles. The number of aromatic carboxylic acids is 1. The molecule has 0 saturated heterocycles. The lowest BCUT2D eigenvalue weighted by molar-refractivity contribution is 0.0697. The minimum absolute atomic E-state index is 0.353. The first-order valence-corrected chi connectivity index (χ1v) is 6.27. The van der Waals surface area contributed by atoms with Crippen molar-refractivity contribution in [3.63, 3.8) is 0 Å². The Morgan fingerprint density at radius 1 is 1.41 bits per heavy atom. The summed E-state index contributed by atoms with van der Waals surface area (Å²) < 4.78 is 0. The van der Waals surface area contributed by atoms with E-state index < -0.39 is 5.97 Å². The number of benzene rings is 1. The van der Waals surface area contributed by atoms with Crippen LogP contribution in [-0.4, -0.2) is 17.6 Å². The van der Waals surface area contributed by atoms with Gasteiger partial charge in [-0.3, -0.25) is 0 Å². The Bertz CT molecular complexity index is 447. The molecule has 0 radical (unpaired) electrons. The molecule has 2 aliphatic rings. The van der Waals surface area contributed by atoms with Gasteiger partial charge in [0.15, 0.2) is 0 Å². The summed E-state index contributed by atoms with van der Waals surface area (Å²) in [6.07, 6.45) is 5.44. The first-order valence-electron chi connectivity index (χ1n) is 6.27. The average molecular weight is 231 g/mol. The second-order valence-corrected chi connectivity index (χ2v) is 5.38. The van der Waals surface area contributed by atoms with Crippen LogP contribution in [0.15, 0.2) is 24.3 Å². The van der Waals surface area contributed by atoms with Crippen molar-refractivity contribution in [3.05, 3.63) is 29.8 Å². The van der Waals surface area contributed by atoms with Gasteiger partial charge in [-0.2, -0.15) is 0 Å². The largest absolute Gasteiger partial charge is 0.478 e. The zero-order chi connectivity index (χ0) is 11.9. The summed E-state index contributed by atoms with van der Waals surface area (Å²) in [6, 6.07) is 7.07. The van der Waals surface area contributed by atoms with E-state index in [0.717, 1.165) is 18.2 Å². The predicted molar refractivity (Wildman–Crippen MR) is 66.3 cm³/mol. The maximum Gasteiger partial charge on any atom is 0.335 e. The molecule has 3 rings (SSSR count). The van der Waals surface area contributed by atoms with Gasteiger partial charge in [-0.15, -0.1) is 0 Å². The predicted octanol–water partition coefficient (Wildman–Crippen LogP) is 2.99. The molecule has 0 bridgehead atoms. The minimum atomic E-state index is -0.864. The smallest absolute Gasteiger partial charge is 0.335 e. The highest BCUT2D eigenvalue weighted by molar-refractivity contribution is 5.88. The van der Waals surface area contributed by atoms with Crippen LogP contribution in [0.4, 0.5) is 5.69 Å². The van der Waals surface area contributed by atoms with Crippen molar-refractivity contribution in [1.29, 1.82) is 0 Å². The normalized spacial score (nSPS) is 20.9. The molecule has 90 valence electrons. The number of hydrogen-bond donors (Lipinski definition) is 2. The van der Waals surface area contributed by atoms with Crippen molar-refractivity contribution >= 4 is 11.7 Å². The number of carboxylic acid groups (broad SMARTS) is 1. The van der Waals surface area contributed by atoms with E-state index in [-0.39, 0.29) is 0 Å². The topological polar surface area (TPSA) is 49.3 Å². The summed E-state index contributed by atoms with van der Waals surface area (Å²) in [5, 5.41) is 12.3. The van der Waals surface area contributed by atoms with Crippen molar-refractivity contribution in [2.24, 2.45) is 11.3 Å².